The Morgan fingerprint density at radius 1 is 1.16 bits per heavy atom. The van der Waals surface area contributed by atoms with Gasteiger partial charge in [0.1, 0.15) is 0 Å². The molecule has 1 saturated heterocycles. The lowest BCUT2D eigenvalue weighted by atomic mass is 10.1. The molecule has 0 unspecified atom stereocenters. The van der Waals surface area contributed by atoms with E-state index in [2.05, 4.69) is 10.2 Å². The Labute approximate surface area is 117 Å². The average molecular weight is 286 g/mol. The van der Waals surface area contributed by atoms with Gasteiger partial charge in [-0.25, -0.2) is 8.78 Å². The van der Waals surface area contributed by atoms with E-state index in [-0.39, 0.29) is 5.56 Å². The Bertz CT molecular complexity index is 364. The van der Waals surface area contributed by atoms with Crippen molar-refractivity contribution in [3.63, 3.8) is 0 Å². The third kappa shape index (κ3) is 5.09. The number of nitrogens with zero attached hydrogens (tertiary/aromatic N) is 1. The monoisotopic (exact) mass is 286 g/mol. The van der Waals surface area contributed by atoms with E-state index in [1.54, 1.807) is 12.1 Å². The van der Waals surface area contributed by atoms with Crippen LogP contribution < -0.4 is 5.32 Å². The Morgan fingerprint density at radius 2 is 1.84 bits per heavy atom. The number of halogens is 2. The first-order chi connectivity index (χ1) is 9.25. The maximum Gasteiger partial charge on any atom is 0.263 e. The highest BCUT2D eigenvalue weighted by molar-refractivity contribution is 7.99. The fourth-order valence-electron chi connectivity index (χ4n) is 2.08. The van der Waals surface area contributed by atoms with Crippen molar-refractivity contribution in [1.29, 1.82) is 0 Å². The van der Waals surface area contributed by atoms with Crippen LogP contribution in [0, 0.1) is 0 Å². The minimum Gasteiger partial charge on any atom is -0.311 e. The molecule has 0 aromatic heterocycles. The molecule has 1 heterocycles. The van der Waals surface area contributed by atoms with Crippen LogP contribution in [0.2, 0.25) is 0 Å². The van der Waals surface area contributed by atoms with Crippen molar-refractivity contribution >= 4 is 11.8 Å². The van der Waals surface area contributed by atoms with Crippen molar-refractivity contribution in [3.8, 4) is 0 Å². The number of benzene rings is 1. The first kappa shape index (κ1) is 14.8. The van der Waals surface area contributed by atoms with Crippen LogP contribution in [-0.4, -0.2) is 42.6 Å². The largest absolute Gasteiger partial charge is 0.311 e. The number of rotatable bonds is 6. The second kappa shape index (κ2) is 7.82. The summed E-state index contributed by atoms with van der Waals surface area (Å²) in [6.07, 6.45) is -2.38. The molecule has 0 atom stereocenters. The van der Waals surface area contributed by atoms with Crippen LogP contribution in [-0.2, 0) is 6.54 Å². The molecule has 0 saturated carbocycles. The van der Waals surface area contributed by atoms with Gasteiger partial charge in [0.15, 0.2) is 0 Å². The van der Waals surface area contributed by atoms with Crippen LogP contribution in [0.15, 0.2) is 24.3 Å². The van der Waals surface area contributed by atoms with Gasteiger partial charge in [0.25, 0.3) is 6.43 Å². The molecule has 1 N–H and O–H groups in total. The molecule has 2 nitrogen and oxygen atoms in total. The van der Waals surface area contributed by atoms with Gasteiger partial charge in [0.2, 0.25) is 0 Å². The molecule has 0 aliphatic carbocycles. The van der Waals surface area contributed by atoms with Gasteiger partial charge < -0.3 is 10.2 Å². The molecular formula is C14H20F2N2S. The van der Waals surface area contributed by atoms with E-state index in [1.807, 2.05) is 11.8 Å². The summed E-state index contributed by atoms with van der Waals surface area (Å²) in [5, 5.41) is 3.36. The molecule has 0 amide bonds. The van der Waals surface area contributed by atoms with E-state index in [4.69, 9.17) is 0 Å². The normalized spacial score (nSPS) is 17.0. The number of nitrogens with one attached hydrogen (secondary N) is 1. The maximum absolute atomic E-state index is 12.4. The number of alkyl halides is 2. The molecule has 19 heavy (non-hydrogen) atoms. The fourth-order valence-corrected chi connectivity index (χ4v) is 3.05. The molecule has 106 valence electrons. The summed E-state index contributed by atoms with van der Waals surface area (Å²) in [6.45, 7) is 5.11. The molecule has 1 aliphatic heterocycles. The highest BCUT2D eigenvalue weighted by Gasteiger charge is 2.09. The highest BCUT2D eigenvalue weighted by Crippen LogP contribution is 2.18. The predicted octanol–water partition coefficient (Wildman–Crippen LogP) is 2.76. The Kier molecular flexibility index (Phi) is 6.07. The van der Waals surface area contributed by atoms with Crippen LogP contribution in [0.25, 0.3) is 0 Å². The summed E-state index contributed by atoms with van der Waals surface area (Å²) in [7, 11) is 0. The summed E-state index contributed by atoms with van der Waals surface area (Å²) in [5.74, 6) is 2.46. The zero-order valence-corrected chi connectivity index (χ0v) is 11.8. The van der Waals surface area contributed by atoms with Crippen molar-refractivity contribution in [3.05, 3.63) is 35.4 Å². The van der Waals surface area contributed by atoms with Crippen molar-refractivity contribution in [2.45, 2.75) is 13.0 Å². The minimum absolute atomic E-state index is 0.0922. The van der Waals surface area contributed by atoms with Gasteiger partial charge in [-0.3, -0.25) is 0 Å². The van der Waals surface area contributed by atoms with Crippen LogP contribution in [0.4, 0.5) is 8.78 Å². The first-order valence-electron chi connectivity index (χ1n) is 6.63. The topological polar surface area (TPSA) is 15.3 Å². The van der Waals surface area contributed by atoms with E-state index in [1.165, 1.54) is 36.7 Å². The summed E-state index contributed by atoms with van der Waals surface area (Å²) in [5.41, 5.74) is 1.15. The van der Waals surface area contributed by atoms with Gasteiger partial charge in [-0.2, -0.15) is 11.8 Å². The lowest BCUT2D eigenvalue weighted by molar-refractivity contribution is 0.151. The molecule has 0 radical (unpaired) electrons. The second-order valence-electron chi connectivity index (χ2n) is 4.67. The van der Waals surface area contributed by atoms with Gasteiger partial charge in [0, 0.05) is 49.8 Å². The first-order valence-corrected chi connectivity index (χ1v) is 7.79. The van der Waals surface area contributed by atoms with Gasteiger partial charge in [-0.05, 0) is 5.56 Å². The van der Waals surface area contributed by atoms with Crippen LogP contribution in [0.1, 0.15) is 17.6 Å². The summed E-state index contributed by atoms with van der Waals surface area (Å²) >= 11 is 2.02. The quantitative estimate of drug-likeness (QED) is 0.810. The maximum atomic E-state index is 12.4. The molecule has 1 aliphatic rings. The van der Waals surface area contributed by atoms with Crippen molar-refractivity contribution in [2.75, 3.05) is 37.7 Å². The molecule has 1 fully saturated rings. The van der Waals surface area contributed by atoms with Crippen molar-refractivity contribution in [1.82, 2.24) is 10.2 Å². The molecule has 0 bridgehead atoms. The van der Waals surface area contributed by atoms with Crippen LogP contribution in [0.3, 0.4) is 0 Å². The van der Waals surface area contributed by atoms with E-state index < -0.39 is 6.43 Å². The molecule has 1 aromatic rings. The summed E-state index contributed by atoms with van der Waals surface area (Å²) in [4.78, 5) is 2.46. The van der Waals surface area contributed by atoms with Gasteiger partial charge >= 0.3 is 0 Å². The van der Waals surface area contributed by atoms with Crippen molar-refractivity contribution < 1.29 is 8.78 Å². The smallest absolute Gasteiger partial charge is 0.263 e. The number of thioether (sulfide) groups is 1. The highest BCUT2D eigenvalue weighted by atomic mass is 32.2. The van der Waals surface area contributed by atoms with Gasteiger partial charge in [-0.1, -0.05) is 24.3 Å². The minimum atomic E-state index is -2.38. The van der Waals surface area contributed by atoms with Crippen LogP contribution in [0.5, 0.6) is 0 Å². The lowest BCUT2D eigenvalue weighted by Crippen LogP contribution is -2.37. The van der Waals surface area contributed by atoms with E-state index in [0.29, 0.717) is 0 Å². The third-order valence-corrected chi connectivity index (χ3v) is 4.21. The van der Waals surface area contributed by atoms with Crippen molar-refractivity contribution in [2.24, 2.45) is 0 Å². The Morgan fingerprint density at radius 3 is 2.47 bits per heavy atom. The van der Waals surface area contributed by atoms with Gasteiger partial charge in [-0.15, -0.1) is 0 Å². The molecule has 5 heteroatoms. The lowest BCUT2D eigenvalue weighted by Gasteiger charge is -2.26. The zero-order chi connectivity index (χ0) is 13.5. The molecule has 2 rings (SSSR count). The SMILES string of the molecule is FC(F)c1ccc(CNCCN2CCSCC2)cc1. The summed E-state index contributed by atoms with van der Waals surface area (Å²) in [6, 6.07) is 6.55. The van der Waals surface area contributed by atoms with E-state index >= 15 is 0 Å². The zero-order valence-electron chi connectivity index (χ0n) is 10.9. The standard InChI is InChI=1S/C14H20F2N2S/c15-14(16)13-3-1-12(2-4-13)11-17-5-6-18-7-9-19-10-8-18/h1-4,14,17H,5-11H2. The molecular weight excluding hydrogens is 266 g/mol. The Balaban J connectivity index is 1.64. The number of hydrogen-bond acceptors (Lipinski definition) is 3. The Hall–Kier alpha value is -0.650. The third-order valence-electron chi connectivity index (χ3n) is 3.27. The van der Waals surface area contributed by atoms with E-state index in [0.717, 1.165) is 25.2 Å². The van der Waals surface area contributed by atoms with Crippen LogP contribution >= 0.6 is 11.8 Å². The average Bonchev–Trinajstić information content (AvgIpc) is 2.45. The fraction of sp³-hybridized carbons (Fsp3) is 0.571. The number of hydrogen-bond donors (Lipinski definition) is 1. The molecule has 1 aromatic carbocycles. The van der Waals surface area contributed by atoms with E-state index in [9.17, 15) is 8.78 Å². The van der Waals surface area contributed by atoms with Gasteiger partial charge in [0.05, 0.1) is 0 Å². The second-order valence-corrected chi connectivity index (χ2v) is 5.90. The summed E-state index contributed by atoms with van der Waals surface area (Å²) < 4.78 is 24.8. The predicted molar refractivity (Wildman–Crippen MR) is 76.9 cm³/mol. The molecule has 0 spiro atoms.